The summed E-state index contributed by atoms with van der Waals surface area (Å²) < 4.78 is 39.2. The topological polar surface area (TPSA) is 80.0 Å². The maximum atomic E-state index is 13.3. The van der Waals surface area contributed by atoms with Crippen LogP contribution in [0.2, 0.25) is 0 Å². The number of rotatable bonds is 3. The Morgan fingerprint density at radius 2 is 1.85 bits per heavy atom. The van der Waals surface area contributed by atoms with Crippen molar-refractivity contribution in [2.24, 2.45) is 0 Å². The Labute approximate surface area is 192 Å². The Kier molecular flexibility index (Phi) is 5.50. The molecule has 2 aromatic carbocycles. The summed E-state index contributed by atoms with van der Waals surface area (Å²) in [6.45, 7) is 1.77. The van der Waals surface area contributed by atoms with E-state index in [1.165, 1.54) is 30.5 Å². The van der Waals surface area contributed by atoms with Gasteiger partial charge in [0.2, 0.25) is 5.91 Å². The van der Waals surface area contributed by atoms with Crippen molar-refractivity contribution in [3.05, 3.63) is 82.2 Å². The highest BCUT2D eigenvalue weighted by Crippen LogP contribution is 2.45. The van der Waals surface area contributed by atoms with E-state index in [1.807, 2.05) is 18.2 Å². The number of hydrogen-bond acceptors (Lipinski definition) is 4. The van der Waals surface area contributed by atoms with Crippen molar-refractivity contribution in [3.8, 4) is 16.5 Å². The van der Waals surface area contributed by atoms with E-state index in [0.717, 1.165) is 32.4 Å². The predicted molar refractivity (Wildman–Crippen MR) is 120 cm³/mol. The van der Waals surface area contributed by atoms with Gasteiger partial charge in [0.05, 0.1) is 28.7 Å². The van der Waals surface area contributed by atoms with Gasteiger partial charge in [0.1, 0.15) is 0 Å². The molecular weight excluding hydrogens is 449 g/mol. The molecule has 4 rings (SSSR count). The molecule has 33 heavy (non-hydrogen) atoms. The van der Waals surface area contributed by atoms with Gasteiger partial charge in [-0.05, 0) is 54.4 Å². The number of thiophene rings is 1. The predicted octanol–water partition coefficient (Wildman–Crippen LogP) is 5.30. The van der Waals surface area contributed by atoms with Crippen LogP contribution in [0.25, 0.3) is 10.4 Å². The van der Waals surface area contributed by atoms with Crippen molar-refractivity contribution in [2.45, 2.75) is 24.6 Å². The number of likely N-dealkylation sites (N-methyl/N-ethyl adjacent to an activating group) is 1. The summed E-state index contributed by atoms with van der Waals surface area (Å²) in [5.74, 6) is -1.33. The van der Waals surface area contributed by atoms with E-state index in [2.05, 4.69) is 11.4 Å². The van der Waals surface area contributed by atoms with Gasteiger partial charge in [-0.15, -0.1) is 11.3 Å². The molecule has 1 fully saturated rings. The Morgan fingerprint density at radius 3 is 2.48 bits per heavy atom. The van der Waals surface area contributed by atoms with Crippen molar-refractivity contribution in [1.82, 2.24) is 10.2 Å². The zero-order valence-corrected chi connectivity index (χ0v) is 18.5. The van der Waals surface area contributed by atoms with Crippen LogP contribution in [-0.2, 0) is 16.5 Å². The number of hydrogen-bond donors (Lipinski definition) is 2. The normalized spacial score (nSPS) is 21.0. The highest BCUT2D eigenvalue weighted by atomic mass is 32.1. The molecule has 1 aliphatic rings. The molecule has 0 saturated carbocycles. The van der Waals surface area contributed by atoms with Crippen LogP contribution in [0.15, 0.2) is 60.7 Å². The molecule has 1 aromatic heterocycles. The monoisotopic (exact) mass is 468 g/mol. The van der Waals surface area contributed by atoms with Crippen LogP contribution in [0, 0.1) is 16.7 Å². The summed E-state index contributed by atoms with van der Waals surface area (Å²) in [7, 11) is 1.46. The molecule has 2 atom stereocenters. The number of amides is 1. The summed E-state index contributed by atoms with van der Waals surface area (Å²) in [4.78, 5) is 16.0. The number of guanidine groups is 1. The molecule has 1 unspecified atom stereocenters. The Bertz CT molecular complexity index is 1280. The van der Waals surface area contributed by atoms with Gasteiger partial charge in [0.15, 0.2) is 5.96 Å². The van der Waals surface area contributed by atoms with Gasteiger partial charge in [-0.2, -0.15) is 18.4 Å². The highest BCUT2D eigenvalue weighted by molar-refractivity contribution is 7.15. The fourth-order valence-electron chi connectivity index (χ4n) is 4.01. The van der Waals surface area contributed by atoms with E-state index in [9.17, 15) is 23.2 Å². The average molecular weight is 469 g/mol. The lowest BCUT2D eigenvalue weighted by molar-refractivity contribution is -0.137. The van der Waals surface area contributed by atoms with E-state index in [-0.39, 0.29) is 11.9 Å². The molecule has 9 heteroatoms. The summed E-state index contributed by atoms with van der Waals surface area (Å²) >= 11 is 1.40. The van der Waals surface area contributed by atoms with Gasteiger partial charge in [0.25, 0.3) is 0 Å². The van der Waals surface area contributed by atoms with Gasteiger partial charge < -0.3 is 5.32 Å². The minimum absolute atomic E-state index is 0.0907. The van der Waals surface area contributed by atoms with Crippen molar-refractivity contribution < 1.29 is 18.0 Å². The van der Waals surface area contributed by atoms with Crippen LogP contribution in [-0.4, -0.2) is 23.8 Å². The second-order valence-electron chi connectivity index (χ2n) is 7.98. The Balaban J connectivity index is 1.79. The van der Waals surface area contributed by atoms with Crippen molar-refractivity contribution in [2.75, 3.05) is 7.05 Å². The minimum Gasteiger partial charge on any atom is -0.345 e. The number of nitriles is 1. The molecule has 2 N–H and O–H groups in total. The number of carbonyl (C=O) groups is 1. The molecule has 1 saturated heterocycles. The number of nitrogens with one attached hydrogen (secondary N) is 2. The first-order chi connectivity index (χ1) is 15.5. The minimum atomic E-state index is -4.48. The number of nitrogens with zero attached hydrogens (tertiary/aromatic N) is 2. The largest absolute Gasteiger partial charge is 0.416 e. The van der Waals surface area contributed by atoms with E-state index in [4.69, 9.17) is 5.41 Å². The van der Waals surface area contributed by atoms with Crippen LogP contribution in [0.3, 0.4) is 0 Å². The number of carbonyl (C=O) groups excluding carboxylic acids is 1. The van der Waals surface area contributed by atoms with Gasteiger partial charge in [0, 0.05) is 16.8 Å². The van der Waals surface area contributed by atoms with Gasteiger partial charge in [-0.3, -0.25) is 15.1 Å². The standard InChI is InChI=1S/C24H19F3N4OS/c1-23(19-11-10-18(33-19)16-5-3-4-14(12-16)13-28)20(21(32)31(2)22(29)30-23)15-6-8-17(9-7-15)24(25,26)27/h3-12,20H,1-2H3,(H2,29,30)/t20?,23-/m1/s1. The lowest BCUT2D eigenvalue weighted by Gasteiger charge is -2.45. The van der Waals surface area contributed by atoms with Gasteiger partial charge in [-0.25, -0.2) is 0 Å². The van der Waals surface area contributed by atoms with Gasteiger partial charge in [-0.1, -0.05) is 24.3 Å². The quantitative estimate of drug-likeness (QED) is 0.547. The third kappa shape index (κ3) is 3.98. The molecule has 0 bridgehead atoms. The first-order valence-electron chi connectivity index (χ1n) is 9.97. The zero-order chi connectivity index (χ0) is 24.0. The Morgan fingerprint density at radius 1 is 1.15 bits per heavy atom. The number of benzene rings is 2. The zero-order valence-electron chi connectivity index (χ0n) is 17.7. The highest BCUT2D eigenvalue weighted by Gasteiger charge is 2.49. The molecule has 168 valence electrons. The average Bonchev–Trinajstić information content (AvgIpc) is 3.29. The third-order valence-corrected chi connectivity index (χ3v) is 7.21. The molecule has 5 nitrogen and oxygen atoms in total. The SMILES string of the molecule is CN1C(=N)N[C@](C)(c2ccc(-c3cccc(C#N)c3)s2)C(c2ccc(C(F)(F)F)cc2)C1=O. The second kappa shape index (κ2) is 8.05. The molecule has 3 aromatic rings. The third-order valence-electron chi connectivity index (χ3n) is 5.83. The number of halogens is 3. The molecule has 1 aliphatic heterocycles. The van der Waals surface area contributed by atoms with Crippen LogP contribution in [0.1, 0.15) is 34.4 Å². The first kappa shape index (κ1) is 22.6. The summed E-state index contributed by atoms with van der Waals surface area (Å²) in [6, 6.07) is 17.5. The summed E-state index contributed by atoms with van der Waals surface area (Å²) in [6.07, 6.45) is -4.48. The Hall–Kier alpha value is -3.64. The molecule has 0 radical (unpaired) electrons. The smallest absolute Gasteiger partial charge is 0.345 e. The maximum absolute atomic E-state index is 13.3. The molecule has 0 spiro atoms. The van der Waals surface area contributed by atoms with Crippen molar-refractivity contribution in [1.29, 1.82) is 10.7 Å². The van der Waals surface area contributed by atoms with Crippen LogP contribution in [0.4, 0.5) is 13.2 Å². The van der Waals surface area contributed by atoms with E-state index in [1.54, 1.807) is 25.1 Å². The van der Waals surface area contributed by atoms with Crippen LogP contribution in [0.5, 0.6) is 0 Å². The lowest BCUT2D eigenvalue weighted by atomic mass is 9.77. The molecular formula is C24H19F3N4OS. The van der Waals surface area contributed by atoms with E-state index < -0.39 is 23.2 Å². The van der Waals surface area contributed by atoms with Crippen LogP contribution < -0.4 is 5.32 Å². The first-order valence-corrected chi connectivity index (χ1v) is 10.8. The van der Waals surface area contributed by atoms with Gasteiger partial charge >= 0.3 is 6.18 Å². The van der Waals surface area contributed by atoms with E-state index >= 15 is 0 Å². The molecule has 2 heterocycles. The van der Waals surface area contributed by atoms with Crippen molar-refractivity contribution in [3.63, 3.8) is 0 Å². The molecule has 1 amide bonds. The summed E-state index contributed by atoms with van der Waals surface area (Å²) in [5.41, 5.74) is -0.0688. The van der Waals surface area contributed by atoms with E-state index in [0.29, 0.717) is 11.1 Å². The maximum Gasteiger partial charge on any atom is 0.416 e. The fourth-order valence-corrected chi connectivity index (χ4v) is 5.15. The number of alkyl halides is 3. The molecule has 0 aliphatic carbocycles. The second-order valence-corrected chi connectivity index (χ2v) is 9.07. The fraction of sp³-hybridized carbons (Fsp3) is 0.208. The van der Waals surface area contributed by atoms with Crippen molar-refractivity contribution >= 4 is 23.2 Å². The summed E-state index contributed by atoms with van der Waals surface area (Å²) in [5, 5.41) is 20.5. The lowest BCUT2D eigenvalue weighted by Crippen LogP contribution is -2.62. The van der Waals surface area contributed by atoms with Crippen LogP contribution >= 0.6 is 11.3 Å².